The van der Waals surface area contributed by atoms with Crippen LogP contribution in [0, 0.1) is 6.92 Å². The number of anilines is 1. The first-order chi connectivity index (χ1) is 11.6. The van der Waals surface area contributed by atoms with Crippen molar-refractivity contribution in [1.82, 2.24) is 20.1 Å². The van der Waals surface area contributed by atoms with E-state index < -0.39 is 0 Å². The van der Waals surface area contributed by atoms with E-state index >= 15 is 0 Å². The molecule has 124 valence electrons. The lowest BCUT2D eigenvalue weighted by Crippen LogP contribution is -2.31. The number of rotatable bonds is 5. The van der Waals surface area contributed by atoms with Crippen LogP contribution in [0.15, 0.2) is 48.1 Å². The molecule has 0 saturated carbocycles. The Labute approximate surface area is 144 Å². The largest absolute Gasteiger partial charge is 0.329 e. The summed E-state index contributed by atoms with van der Waals surface area (Å²) in [4.78, 5) is 16.7. The van der Waals surface area contributed by atoms with Crippen LogP contribution in [0.3, 0.4) is 0 Å². The molecular weight excluding hydrogens is 322 g/mol. The highest BCUT2D eigenvalue weighted by Gasteiger charge is 2.13. The van der Waals surface area contributed by atoms with Gasteiger partial charge in [-0.2, -0.15) is 5.10 Å². The van der Waals surface area contributed by atoms with E-state index in [9.17, 15) is 4.79 Å². The Kier molecular flexibility index (Phi) is 4.90. The normalized spacial score (nSPS) is 11.9. The van der Waals surface area contributed by atoms with E-state index in [-0.39, 0.29) is 12.1 Å². The monoisotopic (exact) mass is 341 g/mol. The third kappa shape index (κ3) is 3.99. The molecule has 0 bridgehead atoms. The van der Waals surface area contributed by atoms with Gasteiger partial charge >= 0.3 is 6.03 Å². The Hall–Kier alpha value is -2.67. The summed E-state index contributed by atoms with van der Waals surface area (Å²) in [6.45, 7) is 4.47. The van der Waals surface area contributed by atoms with Gasteiger partial charge in [0.05, 0.1) is 12.6 Å². The van der Waals surface area contributed by atoms with Gasteiger partial charge in [-0.25, -0.2) is 9.78 Å². The minimum absolute atomic E-state index is 0.137. The number of carbonyl (C=O) groups excluding carboxylic acids is 1. The van der Waals surface area contributed by atoms with Gasteiger partial charge in [-0.05, 0) is 31.5 Å². The molecule has 0 aliphatic heterocycles. The molecule has 0 fully saturated rings. The molecule has 2 heterocycles. The van der Waals surface area contributed by atoms with E-state index in [0.29, 0.717) is 6.54 Å². The van der Waals surface area contributed by atoms with Crippen molar-refractivity contribution < 1.29 is 4.79 Å². The lowest BCUT2D eigenvalue weighted by molar-refractivity contribution is 0.249. The van der Waals surface area contributed by atoms with Gasteiger partial charge in [0.25, 0.3) is 0 Å². The minimum atomic E-state index is -0.247. The number of amides is 2. The molecule has 0 saturated heterocycles. The number of carbonyl (C=O) groups is 1. The van der Waals surface area contributed by atoms with Gasteiger partial charge in [0.2, 0.25) is 0 Å². The maximum absolute atomic E-state index is 12.3. The molecule has 0 aliphatic rings. The Morgan fingerprint density at radius 3 is 2.88 bits per heavy atom. The summed E-state index contributed by atoms with van der Waals surface area (Å²) in [5, 5.41) is 12.9. The average Bonchev–Trinajstić information content (AvgIpc) is 3.21. The van der Waals surface area contributed by atoms with Crippen molar-refractivity contribution in [2.24, 2.45) is 0 Å². The van der Waals surface area contributed by atoms with Crippen molar-refractivity contribution >= 4 is 23.1 Å². The fourth-order valence-corrected chi connectivity index (χ4v) is 3.14. The molecule has 1 atom stereocenters. The fourth-order valence-electron chi connectivity index (χ4n) is 2.34. The first kappa shape index (κ1) is 16.2. The van der Waals surface area contributed by atoms with Crippen molar-refractivity contribution in [2.75, 3.05) is 5.32 Å². The van der Waals surface area contributed by atoms with E-state index in [1.54, 1.807) is 17.5 Å². The lowest BCUT2D eigenvalue weighted by Gasteiger charge is -2.15. The molecule has 2 amide bonds. The number of urea groups is 1. The fraction of sp³-hybridized carbons (Fsp3) is 0.235. The quantitative estimate of drug-likeness (QED) is 0.745. The molecule has 1 aromatic carbocycles. The van der Waals surface area contributed by atoms with Crippen molar-refractivity contribution in [3.05, 3.63) is 64.4 Å². The lowest BCUT2D eigenvalue weighted by atomic mass is 10.2. The SMILES string of the molecule is Cc1csc(C(C)NC(=O)Nc2ccccc2Cn2cccn2)n1. The second kappa shape index (κ2) is 7.27. The second-order valence-electron chi connectivity index (χ2n) is 5.51. The van der Waals surface area contributed by atoms with Crippen molar-refractivity contribution in [1.29, 1.82) is 0 Å². The topological polar surface area (TPSA) is 71.8 Å². The maximum atomic E-state index is 12.3. The van der Waals surface area contributed by atoms with Crippen LogP contribution in [0.25, 0.3) is 0 Å². The zero-order chi connectivity index (χ0) is 16.9. The molecule has 0 radical (unpaired) electrons. The summed E-state index contributed by atoms with van der Waals surface area (Å²) in [7, 11) is 0. The van der Waals surface area contributed by atoms with E-state index in [0.717, 1.165) is 22.0 Å². The van der Waals surface area contributed by atoms with Crippen LogP contribution in [-0.4, -0.2) is 20.8 Å². The van der Waals surface area contributed by atoms with Crippen LogP contribution < -0.4 is 10.6 Å². The summed E-state index contributed by atoms with van der Waals surface area (Å²) in [5.41, 5.74) is 2.73. The first-order valence-corrected chi connectivity index (χ1v) is 8.54. The van der Waals surface area contributed by atoms with Crippen molar-refractivity contribution in [3.8, 4) is 0 Å². The number of hydrogen-bond donors (Lipinski definition) is 2. The number of nitrogens with one attached hydrogen (secondary N) is 2. The van der Waals surface area contributed by atoms with Gasteiger partial charge in [-0.1, -0.05) is 18.2 Å². The van der Waals surface area contributed by atoms with Crippen LogP contribution in [0.5, 0.6) is 0 Å². The van der Waals surface area contributed by atoms with Crippen LogP contribution in [0.1, 0.15) is 29.2 Å². The van der Waals surface area contributed by atoms with Gasteiger partial charge in [0, 0.05) is 29.2 Å². The van der Waals surface area contributed by atoms with Gasteiger partial charge in [-0.15, -0.1) is 11.3 Å². The third-order valence-corrected chi connectivity index (χ3v) is 4.66. The van der Waals surface area contributed by atoms with E-state index in [2.05, 4.69) is 20.7 Å². The Balaban J connectivity index is 1.66. The Morgan fingerprint density at radius 1 is 1.33 bits per heavy atom. The molecule has 1 unspecified atom stereocenters. The predicted molar refractivity (Wildman–Crippen MR) is 95.2 cm³/mol. The van der Waals surface area contributed by atoms with E-state index in [1.807, 2.05) is 60.4 Å². The standard InChI is InChI=1S/C17H19N5OS/c1-12-11-24-16(19-12)13(2)20-17(23)21-15-7-4-3-6-14(15)10-22-9-5-8-18-22/h3-9,11,13H,10H2,1-2H3,(H2,20,21,23). The highest BCUT2D eigenvalue weighted by atomic mass is 32.1. The molecular formula is C17H19N5OS. The number of hydrogen-bond acceptors (Lipinski definition) is 4. The second-order valence-corrected chi connectivity index (χ2v) is 6.40. The van der Waals surface area contributed by atoms with Crippen LogP contribution in [-0.2, 0) is 6.54 Å². The molecule has 6 nitrogen and oxygen atoms in total. The Bertz CT molecular complexity index is 812. The predicted octanol–water partition coefficient (Wildman–Crippen LogP) is 3.58. The number of thiazole rings is 1. The molecule has 24 heavy (non-hydrogen) atoms. The van der Waals surface area contributed by atoms with Gasteiger partial charge < -0.3 is 10.6 Å². The molecule has 0 aliphatic carbocycles. The van der Waals surface area contributed by atoms with Crippen LogP contribution in [0.4, 0.5) is 10.5 Å². The number of nitrogens with zero attached hydrogens (tertiary/aromatic N) is 3. The van der Waals surface area contributed by atoms with Crippen molar-refractivity contribution in [2.45, 2.75) is 26.4 Å². The summed E-state index contributed by atoms with van der Waals surface area (Å²) in [5.74, 6) is 0. The molecule has 2 aromatic heterocycles. The number of para-hydroxylation sites is 1. The summed E-state index contributed by atoms with van der Waals surface area (Å²) in [6.07, 6.45) is 3.63. The number of aromatic nitrogens is 3. The Morgan fingerprint density at radius 2 is 2.17 bits per heavy atom. The zero-order valence-electron chi connectivity index (χ0n) is 13.6. The maximum Gasteiger partial charge on any atom is 0.319 e. The third-order valence-electron chi connectivity index (χ3n) is 3.51. The van der Waals surface area contributed by atoms with E-state index in [1.165, 1.54) is 0 Å². The van der Waals surface area contributed by atoms with Gasteiger partial charge in [0.15, 0.2) is 0 Å². The molecule has 0 spiro atoms. The number of benzene rings is 1. The van der Waals surface area contributed by atoms with Gasteiger partial charge in [-0.3, -0.25) is 4.68 Å². The summed E-state index contributed by atoms with van der Waals surface area (Å²) < 4.78 is 1.82. The average molecular weight is 341 g/mol. The highest BCUT2D eigenvalue weighted by molar-refractivity contribution is 7.09. The molecule has 3 aromatic rings. The van der Waals surface area contributed by atoms with E-state index in [4.69, 9.17) is 0 Å². The van der Waals surface area contributed by atoms with Gasteiger partial charge in [0.1, 0.15) is 5.01 Å². The van der Waals surface area contributed by atoms with Crippen LogP contribution >= 0.6 is 11.3 Å². The minimum Gasteiger partial charge on any atom is -0.329 e. The smallest absolute Gasteiger partial charge is 0.319 e. The summed E-state index contributed by atoms with van der Waals surface area (Å²) >= 11 is 1.55. The molecule has 2 N–H and O–H groups in total. The van der Waals surface area contributed by atoms with Crippen molar-refractivity contribution in [3.63, 3.8) is 0 Å². The number of aryl methyl sites for hydroxylation is 1. The zero-order valence-corrected chi connectivity index (χ0v) is 14.4. The van der Waals surface area contributed by atoms with Crippen LogP contribution in [0.2, 0.25) is 0 Å². The molecule has 7 heteroatoms. The first-order valence-electron chi connectivity index (χ1n) is 7.66. The summed E-state index contributed by atoms with van der Waals surface area (Å²) in [6, 6.07) is 9.20. The highest BCUT2D eigenvalue weighted by Crippen LogP contribution is 2.19. The molecule has 3 rings (SSSR count).